The lowest BCUT2D eigenvalue weighted by Crippen LogP contribution is -2.42. The average Bonchev–Trinajstić information content (AvgIpc) is 2.47. The Hall–Kier alpha value is -1.45. The highest BCUT2D eigenvalue weighted by Crippen LogP contribution is 2.30. The molecule has 1 aromatic carbocycles. The van der Waals surface area contributed by atoms with Crippen LogP contribution in [-0.4, -0.2) is 23.7 Å². The molecule has 0 fully saturated rings. The number of rotatable bonds is 7. The Bertz CT molecular complexity index is 580. The van der Waals surface area contributed by atoms with Crippen LogP contribution in [-0.2, 0) is 4.74 Å². The summed E-state index contributed by atoms with van der Waals surface area (Å²) in [5, 5.41) is 4.78. The van der Waals surface area contributed by atoms with Crippen LogP contribution in [0.15, 0.2) is 36.5 Å². The van der Waals surface area contributed by atoms with Gasteiger partial charge in [-0.3, -0.25) is 4.98 Å². The van der Waals surface area contributed by atoms with E-state index in [1.807, 2.05) is 25.3 Å². The van der Waals surface area contributed by atoms with E-state index in [-0.39, 0.29) is 11.6 Å². The van der Waals surface area contributed by atoms with Crippen LogP contribution in [0.4, 0.5) is 0 Å². The monoisotopic (exact) mass is 286 g/mol. The standard InChI is InChI=1S/C18H26N2O/c1-5-11-19-17(18(3,4)21-6-2)15-12-14-9-7-8-10-16(14)20-13-15/h7-10,12-13,17,19H,5-6,11H2,1-4H3. The number of hydrogen-bond acceptors (Lipinski definition) is 3. The highest BCUT2D eigenvalue weighted by molar-refractivity contribution is 5.78. The van der Waals surface area contributed by atoms with E-state index in [4.69, 9.17) is 4.74 Å². The summed E-state index contributed by atoms with van der Waals surface area (Å²) >= 11 is 0. The van der Waals surface area contributed by atoms with Gasteiger partial charge >= 0.3 is 0 Å². The van der Waals surface area contributed by atoms with Crippen LogP contribution in [0, 0.1) is 0 Å². The van der Waals surface area contributed by atoms with Gasteiger partial charge in [-0.05, 0) is 51.4 Å². The summed E-state index contributed by atoms with van der Waals surface area (Å²) in [6.45, 7) is 10.2. The van der Waals surface area contributed by atoms with Crippen LogP contribution in [0.25, 0.3) is 10.9 Å². The largest absolute Gasteiger partial charge is 0.374 e. The summed E-state index contributed by atoms with van der Waals surface area (Å²) in [5.41, 5.74) is 1.94. The number of benzene rings is 1. The molecule has 0 spiro atoms. The van der Waals surface area contributed by atoms with E-state index >= 15 is 0 Å². The van der Waals surface area contributed by atoms with Gasteiger partial charge < -0.3 is 10.1 Å². The molecule has 21 heavy (non-hydrogen) atoms. The molecule has 1 aromatic heterocycles. The van der Waals surface area contributed by atoms with E-state index in [9.17, 15) is 0 Å². The molecule has 0 aliphatic carbocycles. The summed E-state index contributed by atoms with van der Waals surface area (Å²) in [7, 11) is 0. The van der Waals surface area contributed by atoms with Gasteiger partial charge in [-0.2, -0.15) is 0 Å². The first-order chi connectivity index (χ1) is 10.1. The third kappa shape index (κ3) is 3.80. The number of ether oxygens (including phenoxy) is 1. The highest BCUT2D eigenvalue weighted by atomic mass is 16.5. The van der Waals surface area contributed by atoms with Crippen molar-refractivity contribution in [1.82, 2.24) is 10.3 Å². The van der Waals surface area contributed by atoms with Crippen LogP contribution in [0.5, 0.6) is 0 Å². The summed E-state index contributed by atoms with van der Waals surface area (Å²) in [6.07, 6.45) is 3.07. The molecule has 0 radical (unpaired) electrons. The second kappa shape index (κ2) is 7.01. The first kappa shape index (κ1) is 15.9. The Morgan fingerprint density at radius 1 is 1.24 bits per heavy atom. The minimum Gasteiger partial charge on any atom is -0.374 e. The number of pyridine rings is 1. The molecule has 1 unspecified atom stereocenters. The molecule has 3 nitrogen and oxygen atoms in total. The van der Waals surface area contributed by atoms with Crippen LogP contribution in [0.1, 0.15) is 45.7 Å². The maximum absolute atomic E-state index is 5.96. The molecular weight excluding hydrogens is 260 g/mol. The van der Waals surface area contributed by atoms with Crippen molar-refractivity contribution in [2.24, 2.45) is 0 Å². The maximum atomic E-state index is 5.96. The smallest absolute Gasteiger partial charge is 0.0820 e. The van der Waals surface area contributed by atoms with E-state index < -0.39 is 0 Å². The van der Waals surface area contributed by atoms with Gasteiger partial charge in [-0.15, -0.1) is 0 Å². The Labute approximate surface area is 127 Å². The van der Waals surface area contributed by atoms with Crippen molar-refractivity contribution in [2.75, 3.05) is 13.2 Å². The van der Waals surface area contributed by atoms with Gasteiger partial charge in [0.05, 0.1) is 17.2 Å². The van der Waals surface area contributed by atoms with Crippen LogP contribution in [0.3, 0.4) is 0 Å². The predicted octanol–water partition coefficient (Wildman–Crippen LogP) is 4.09. The lowest BCUT2D eigenvalue weighted by molar-refractivity contribution is -0.0392. The van der Waals surface area contributed by atoms with Gasteiger partial charge in [0.25, 0.3) is 0 Å². The lowest BCUT2D eigenvalue weighted by Gasteiger charge is -2.35. The fraction of sp³-hybridized carbons (Fsp3) is 0.500. The fourth-order valence-electron chi connectivity index (χ4n) is 2.75. The summed E-state index contributed by atoms with van der Waals surface area (Å²) in [6, 6.07) is 10.6. The molecular formula is C18H26N2O. The zero-order valence-corrected chi connectivity index (χ0v) is 13.5. The molecule has 1 N–H and O–H groups in total. The molecule has 3 heteroatoms. The molecule has 0 saturated carbocycles. The molecule has 0 saturated heterocycles. The lowest BCUT2D eigenvalue weighted by atomic mass is 9.91. The van der Waals surface area contributed by atoms with Crippen LogP contribution >= 0.6 is 0 Å². The second-order valence-corrected chi connectivity index (χ2v) is 5.88. The van der Waals surface area contributed by atoms with Crippen molar-refractivity contribution in [3.05, 3.63) is 42.1 Å². The van der Waals surface area contributed by atoms with E-state index in [1.165, 1.54) is 10.9 Å². The van der Waals surface area contributed by atoms with Gasteiger partial charge in [-0.1, -0.05) is 25.1 Å². The number of nitrogens with zero attached hydrogens (tertiary/aromatic N) is 1. The summed E-state index contributed by atoms with van der Waals surface area (Å²) in [4.78, 5) is 4.59. The first-order valence-corrected chi connectivity index (χ1v) is 7.80. The Morgan fingerprint density at radius 2 is 2.00 bits per heavy atom. The summed E-state index contributed by atoms with van der Waals surface area (Å²) in [5.74, 6) is 0. The van der Waals surface area contributed by atoms with Gasteiger partial charge in [0.1, 0.15) is 0 Å². The van der Waals surface area contributed by atoms with Crippen molar-refractivity contribution >= 4 is 10.9 Å². The average molecular weight is 286 g/mol. The van der Waals surface area contributed by atoms with E-state index in [0.717, 1.165) is 18.5 Å². The fourth-order valence-corrected chi connectivity index (χ4v) is 2.75. The minimum absolute atomic E-state index is 0.134. The molecule has 2 aromatic rings. The van der Waals surface area contributed by atoms with Crippen molar-refractivity contribution < 1.29 is 4.74 Å². The molecule has 0 aliphatic heterocycles. The third-order valence-electron chi connectivity index (χ3n) is 3.75. The minimum atomic E-state index is -0.270. The topological polar surface area (TPSA) is 34.2 Å². The van der Waals surface area contributed by atoms with E-state index in [0.29, 0.717) is 6.61 Å². The van der Waals surface area contributed by atoms with Crippen LogP contribution < -0.4 is 5.32 Å². The SMILES string of the molecule is CCCNC(c1cnc2ccccc2c1)C(C)(C)OCC. The predicted molar refractivity (Wildman–Crippen MR) is 88.5 cm³/mol. The molecule has 114 valence electrons. The molecule has 1 atom stereocenters. The third-order valence-corrected chi connectivity index (χ3v) is 3.75. The van der Waals surface area contributed by atoms with Crippen molar-refractivity contribution in [2.45, 2.75) is 45.8 Å². The normalized spacial score (nSPS) is 13.5. The van der Waals surface area contributed by atoms with E-state index in [1.54, 1.807) is 0 Å². The van der Waals surface area contributed by atoms with Crippen LogP contribution in [0.2, 0.25) is 0 Å². The number of hydrogen-bond donors (Lipinski definition) is 1. The molecule has 0 bridgehead atoms. The van der Waals surface area contributed by atoms with Gasteiger partial charge in [0.2, 0.25) is 0 Å². The Balaban J connectivity index is 2.37. The quantitative estimate of drug-likeness (QED) is 0.832. The zero-order valence-electron chi connectivity index (χ0n) is 13.5. The highest BCUT2D eigenvalue weighted by Gasteiger charge is 2.31. The number of fused-ring (bicyclic) bond motifs is 1. The van der Waals surface area contributed by atoms with E-state index in [2.05, 4.69) is 49.3 Å². The zero-order chi connectivity index (χ0) is 15.3. The van der Waals surface area contributed by atoms with Gasteiger partial charge in [-0.25, -0.2) is 0 Å². The van der Waals surface area contributed by atoms with Gasteiger partial charge in [0, 0.05) is 18.2 Å². The summed E-state index contributed by atoms with van der Waals surface area (Å²) < 4.78 is 5.96. The Morgan fingerprint density at radius 3 is 2.71 bits per heavy atom. The molecule has 2 rings (SSSR count). The number of para-hydroxylation sites is 1. The Kier molecular flexibility index (Phi) is 5.32. The van der Waals surface area contributed by atoms with Gasteiger partial charge in [0.15, 0.2) is 0 Å². The van der Waals surface area contributed by atoms with Crippen molar-refractivity contribution in [3.8, 4) is 0 Å². The van der Waals surface area contributed by atoms with Crippen molar-refractivity contribution in [1.29, 1.82) is 0 Å². The molecule has 0 amide bonds. The number of aromatic nitrogens is 1. The second-order valence-electron chi connectivity index (χ2n) is 5.88. The maximum Gasteiger partial charge on any atom is 0.0820 e. The molecule has 0 aliphatic rings. The number of nitrogens with one attached hydrogen (secondary N) is 1. The molecule has 1 heterocycles. The van der Waals surface area contributed by atoms with Crippen molar-refractivity contribution in [3.63, 3.8) is 0 Å². The first-order valence-electron chi connectivity index (χ1n) is 7.80.